The second-order valence-corrected chi connectivity index (χ2v) is 5.81. The molecule has 3 nitrogen and oxygen atoms in total. The molecule has 0 aliphatic heterocycles. The predicted octanol–water partition coefficient (Wildman–Crippen LogP) is 3.62. The molecule has 0 bridgehead atoms. The van der Waals surface area contributed by atoms with E-state index in [-0.39, 0.29) is 11.7 Å². The summed E-state index contributed by atoms with van der Waals surface area (Å²) in [6.07, 6.45) is 1.78. The predicted molar refractivity (Wildman–Crippen MR) is 87.1 cm³/mol. The maximum absolute atomic E-state index is 13.4. The number of halogens is 1. The molecule has 4 heteroatoms. The molecule has 0 spiro atoms. The lowest BCUT2D eigenvalue weighted by atomic mass is 9.92. The van der Waals surface area contributed by atoms with E-state index in [1.165, 1.54) is 6.07 Å². The summed E-state index contributed by atoms with van der Waals surface area (Å²) in [6.45, 7) is 0. The Morgan fingerprint density at radius 2 is 1.91 bits per heavy atom. The minimum Gasteiger partial charge on any atom is -0.398 e. The van der Waals surface area contributed by atoms with E-state index < -0.39 is 0 Å². The van der Waals surface area contributed by atoms with Crippen molar-refractivity contribution in [2.24, 2.45) is 0 Å². The summed E-state index contributed by atoms with van der Waals surface area (Å²) in [7, 11) is 0. The molecule has 1 unspecified atom stereocenters. The summed E-state index contributed by atoms with van der Waals surface area (Å²) in [5.74, 6) is 0.501. The van der Waals surface area contributed by atoms with Crippen LogP contribution in [-0.4, -0.2) is 4.98 Å². The zero-order valence-electron chi connectivity index (χ0n) is 12.0. The standard InChI is InChI=1S/C18H16FN3/c19-11-5-7-12-10(8-11)4-6-13(12)14-9-15-16(20)2-1-3-17(15)22-18(14)21/h1-3,5,7-9,13H,4,6,20H2,(H2,21,22). The van der Waals surface area contributed by atoms with Crippen LogP contribution in [-0.2, 0) is 6.42 Å². The lowest BCUT2D eigenvalue weighted by Gasteiger charge is -2.16. The third kappa shape index (κ3) is 1.91. The first-order chi connectivity index (χ1) is 10.6. The van der Waals surface area contributed by atoms with Crippen molar-refractivity contribution >= 4 is 22.4 Å². The molecule has 0 radical (unpaired) electrons. The summed E-state index contributed by atoms with van der Waals surface area (Å²) >= 11 is 0. The van der Waals surface area contributed by atoms with Crippen LogP contribution in [0.4, 0.5) is 15.9 Å². The molecular weight excluding hydrogens is 277 g/mol. The Morgan fingerprint density at radius 1 is 1.05 bits per heavy atom. The van der Waals surface area contributed by atoms with E-state index in [4.69, 9.17) is 11.5 Å². The molecule has 1 aliphatic carbocycles. The van der Waals surface area contributed by atoms with Crippen molar-refractivity contribution in [3.8, 4) is 0 Å². The van der Waals surface area contributed by atoms with Crippen molar-refractivity contribution in [1.82, 2.24) is 4.98 Å². The highest BCUT2D eigenvalue weighted by molar-refractivity contribution is 5.92. The van der Waals surface area contributed by atoms with E-state index in [2.05, 4.69) is 4.98 Å². The molecule has 3 aromatic rings. The van der Waals surface area contributed by atoms with Gasteiger partial charge in [-0.25, -0.2) is 9.37 Å². The lowest BCUT2D eigenvalue weighted by molar-refractivity contribution is 0.626. The Labute approximate surface area is 127 Å². The number of nitrogens with two attached hydrogens (primary N) is 2. The van der Waals surface area contributed by atoms with Gasteiger partial charge in [0.15, 0.2) is 0 Å². The van der Waals surface area contributed by atoms with Crippen LogP contribution in [0.25, 0.3) is 10.9 Å². The lowest BCUT2D eigenvalue weighted by Crippen LogP contribution is -2.04. The summed E-state index contributed by atoms with van der Waals surface area (Å²) < 4.78 is 13.4. The summed E-state index contributed by atoms with van der Waals surface area (Å²) in [5, 5.41) is 0.919. The number of benzene rings is 2. The van der Waals surface area contributed by atoms with Crippen molar-refractivity contribution in [3.05, 3.63) is 65.0 Å². The molecule has 0 amide bonds. The minimum absolute atomic E-state index is 0.159. The largest absolute Gasteiger partial charge is 0.398 e. The highest BCUT2D eigenvalue weighted by Gasteiger charge is 2.26. The molecule has 110 valence electrons. The van der Waals surface area contributed by atoms with Gasteiger partial charge < -0.3 is 11.5 Å². The average molecular weight is 293 g/mol. The van der Waals surface area contributed by atoms with Gasteiger partial charge in [0.05, 0.1) is 5.52 Å². The van der Waals surface area contributed by atoms with Crippen molar-refractivity contribution < 1.29 is 4.39 Å². The van der Waals surface area contributed by atoms with Gasteiger partial charge in [0.2, 0.25) is 0 Å². The van der Waals surface area contributed by atoms with Gasteiger partial charge in [0.1, 0.15) is 11.6 Å². The molecule has 1 aliphatic rings. The molecule has 1 aromatic heterocycles. The second kappa shape index (κ2) is 4.70. The molecule has 22 heavy (non-hydrogen) atoms. The van der Waals surface area contributed by atoms with Crippen LogP contribution in [0.1, 0.15) is 29.0 Å². The van der Waals surface area contributed by atoms with Crippen LogP contribution >= 0.6 is 0 Å². The number of aryl methyl sites for hydroxylation is 1. The van der Waals surface area contributed by atoms with E-state index in [1.807, 2.05) is 30.3 Å². The van der Waals surface area contributed by atoms with Crippen molar-refractivity contribution in [2.45, 2.75) is 18.8 Å². The number of pyridine rings is 1. The summed E-state index contributed by atoms with van der Waals surface area (Å²) in [5.41, 5.74) is 16.9. The molecule has 0 saturated heterocycles. The molecule has 1 atom stereocenters. The molecule has 4 rings (SSSR count). The van der Waals surface area contributed by atoms with Gasteiger partial charge in [-0.2, -0.15) is 0 Å². The van der Waals surface area contributed by atoms with Crippen molar-refractivity contribution in [3.63, 3.8) is 0 Å². The second-order valence-electron chi connectivity index (χ2n) is 5.81. The number of anilines is 2. The number of hydrogen-bond acceptors (Lipinski definition) is 3. The van der Waals surface area contributed by atoms with Crippen LogP contribution in [0.3, 0.4) is 0 Å². The van der Waals surface area contributed by atoms with Crippen molar-refractivity contribution in [1.29, 1.82) is 0 Å². The SMILES string of the molecule is Nc1nc2cccc(N)c2cc1C1CCc2cc(F)ccc21. The van der Waals surface area contributed by atoms with Gasteiger partial charge >= 0.3 is 0 Å². The Hall–Kier alpha value is -2.62. The summed E-state index contributed by atoms with van der Waals surface area (Å²) in [4.78, 5) is 4.50. The Balaban J connectivity index is 1.89. The van der Waals surface area contributed by atoms with Gasteiger partial charge in [-0.3, -0.25) is 0 Å². The fraction of sp³-hybridized carbons (Fsp3) is 0.167. The zero-order chi connectivity index (χ0) is 15.3. The summed E-state index contributed by atoms with van der Waals surface area (Å²) in [6, 6.07) is 12.7. The van der Waals surface area contributed by atoms with E-state index in [9.17, 15) is 4.39 Å². The maximum atomic E-state index is 13.4. The third-order valence-electron chi connectivity index (χ3n) is 4.51. The molecule has 0 fully saturated rings. The van der Waals surface area contributed by atoms with Crippen LogP contribution in [0, 0.1) is 5.82 Å². The number of nitrogens with zero attached hydrogens (tertiary/aromatic N) is 1. The zero-order valence-corrected chi connectivity index (χ0v) is 12.0. The van der Waals surface area contributed by atoms with Gasteiger partial charge in [0, 0.05) is 22.6 Å². The number of nitrogen functional groups attached to an aromatic ring is 2. The number of hydrogen-bond donors (Lipinski definition) is 2. The molecule has 0 saturated carbocycles. The molecule has 4 N–H and O–H groups in total. The average Bonchev–Trinajstić information content (AvgIpc) is 2.89. The molecule has 1 heterocycles. The third-order valence-corrected chi connectivity index (χ3v) is 4.51. The van der Waals surface area contributed by atoms with E-state index in [1.54, 1.807) is 6.07 Å². The molecule has 2 aromatic carbocycles. The first kappa shape index (κ1) is 13.1. The maximum Gasteiger partial charge on any atom is 0.127 e. The molecular formula is C18H16FN3. The fourth-order valence-corrected chi connectivity index (χ4v) is 3.44. The monoisotopic (exact) mass is 293 g/mol. The van der Waals surface area contributed by atoms with E-state index in [0.29, 0.717) is 11.5 Å². The highest BCUT2D eigenvalue weighted by Crippen LogP contribution is 2.41. The van der Waals surface area contributed by atoms with Crippen molar-refractivity contribution in [2.75, 3.05) is 11.5 Å². The van der Waals surface area contributed by atoms with Crippen LogP contribution in [0.15, 0.2) is 42.5 Å². The van der Waals surface area contributed by atoms with Crippen LogP contribution in [0.2, 0.25) is 0 Å². The van der Waals surface area contributed by atoms with Gasteiger partial charge in [-0.15, -0.1) is 0 Å². The Bertz CT molecular complexity index is 889. The quantitative estimate of drug-likeness (QED) is 0.673. The number of aromatic nitrogens is 1. The first-order valence-electron chi connectivity index (χ1n) is 7.36. The topological polar surface area (TPSA) is 64.9 Å². The smallest absolute Gasteiger partial charge is 0.127 e. The van der Waals surface area contributed by atoms with E-state index >= 15 is 0 Å². The minimum atomic E-state index is -0.187. The highest BCUT2D eigenvalue weighted by atomic mass is 19.1. The normalized spacial score (nSPS) is 16.9. The van der Waals surface area contributed by atoms with Gasteiger partial charge in [0.25, 0.3) is 0 Å². The number of fused-ring (bicyclic) bond motifs is 2. The van der Waals surface area contributed by atoms with Crippen LogP contribution < -0.4 is 11.5 Å². The Kier molecular flexibility index (Phi) is 2.79. The first-order valence-corrected chi connectivity index (χ1v) is 7.36. The Morgan fingerprint density at radius 3 is 2.77 bits per heavy atom. The van der Waals surface area contributed by atoms with E-state index in [0.717, 1.165) is 40.4 Å². The van der Waals surface area contributed by atoms with Gasteiger partial charge in [-0.05, 0) is 54.3 Å². The van der Waals surface area contributed by atoms with Gasteiger partial charge in [-0.1, -0.05) is 12.1 Å². The van der Waals surface area contributed by atoms with Crippen LogP contribution in [0.5, 0.6) is 0 Å². The fourth-order valence-electron chi connectivity index (χ4n) is 3.44. The number of rotatable bonds is 1.